The van der Waals surface area contributed by atoms with E-state index in [0.29, 0.717) is 19.3 Å². The lowest BCUT2D eigenvalue weighted by Gasteiger charge is -2.20. The molecule has 0 aromatic heterocycles. The van der Waals surface area contributed by atoms with Crippen LogP contribution in [-0.4, -0.2) is 59.9 Å². The summed E-state index contributed by atoms with van der Waals surface area (Å²) in [5.74, 6) is -2.50. The maximum absolute atomic E-state index is 12.6. The zero-order chi connectivity index (χ0) is 42.8. The van der Waals surface area contributed by atoms with Crippen LogP contribution in [0, 0.1) is 0 Å². The quantitative estimate of drug-likeness (QED) is 0.0235. The molecule has 0 spiro atoms. The third-order valence-corrected chi connectivity index (χ3v) is 8.97. The van der Waals surface area contributed by atoms with Crippen LogP contribution in [-0.2, 0) is 37.5 Å². The van der Waals surface area contributed by atoms with E-state index in [0.717, 1.165) is 83.5 Å². The maximum atomic E-state index is 12.6. The molecule has 4 N–H and O–H groups in total. The first kappa shape index (κ1) is 54.1. The van der Waals surface area contributed by atoms with Crippen molar-refractivity contribution >= 4 is 25.7 Å². The SMILES string of the molecule is CC/C=C\C/C=C\C/C=C\C/C=C\C/C=C\CCCC(=O)OC[C@H](COP(=O)(O)OC[C@H](N)C(=O)O)OC(=O)CCCCCC/C=C\C/C=C\C/C=C\C/C=C\CC. The Balaban J connectivity index is 4.56. The van der Waals surface area contributed by atoms with Gasteiger partial charge < -0.3 is 25.2 Å². The fourth-order valence-corrected chi connectivity index (χ4v) is 5.57. The van der Waals surface area contributed by atoms with Crippen molar-refractivity contribution < 1.29 is 47.5 Å². The smallest absolute Gasteiger partial charge is 0.472 e. The summed E-state index contributed by atoms with van der Waals surface area (Å²) < 4.78 is 32.6. The van der Waals surface area contributed by atoms with E-state index in [2.05, 4.69) is 116 Å². The van der Waals surface area contributed by atoms with E-state index in [1.54, 1.807) is 0 Å². The van der Waals surface area contributed by atoms with Crippen LogP contribution in [0.5, 0.6) is 0 Å². The topological polar surface area (TPSA) is 172 Å². The first-order valence-electron chi connectivity index (χ1n) is 20.9. The molecule has 0 saturated carbocycles. The second-order valence-electron chi connectivity index (χ2n) is 13.4. The molecule has 1 unspecified atom stereocenters. The van der Waals surface area contributed by atoms with Gasteiger partial charge in [-0.3, -0.25) is 23.4 Å². The number of allylic oxidation sites excluding steroid dienone is 18. The highest BCUT2D eigenvalue weighted by Crippen LogP contribution is 2.43. The van der Waals surface area contributed by atoms with Gasteiger partial charge in [-0.05, 0) is 89.9 Å². The number of ether oxygens (including phenoxy) is 2. The minimum Gasteiger partial charge on any atom is -0.480 e. The minimum atomic E-state index is -4.74. The van der Waals surface area contributed by atoms with E-state index >= 15 is 0 Å². The molecule has 326 valence electrons. The molecular formula is C46H72NO10P. The van der Waals surface area contributed by atoms with Crippen LogP contribution in [0.4, 0.5) is 0 Å². The summed E-state index contributed by atoms with van der Waals surface area (Å²) in [7, 11) is -4.74. The number of aliphatic carboxylic acids is 1. The highest BCUT2D eigenvalue weighted by molar-refractivity contribution is 7.47. The molecule has 58 heavy (non-hydrogen) atoms. The van der Waals surface area contributed by atoms with Crippen LogP contribution in [0.25, 0.3) is 0 Å². The van der Waals surface area contributed by atoms with Gasteiger partial charge in [-0.15, -0.1) is 0 Å². The van der Waals surface area contributed by atoms with Gasteiger partial charge in [0.1, 0.15) is 12.6 Å². The van der Waals surface area contributed by atoms with Crippen molar-refractivity contribution in [1.82, 2.24) is 0 Å². The average molecular weight is 830 g/mol. The van der Waals surface area contributed by atoms with E-state index < -0.39 is 57.7 Å². The number of nitrogens with two attached hydrogens (primary N) is 1. The number of carbonyl (C=O) groups excluding carboxylic acids is 2. The lowest BCUT2D eigenvalue weighted by molar-refractivity contribution is -0.161. The second-order valence-corrected chi connectivity index (χ2v) is 14.8. The Morgan fingerprint density at radius 1 is 0.534 bits per heavy atom. The average Bonchev–Trinajstić information content (AvgIpc) is 3.20. The molecule has 12 heteroatoms. The van der Waals surface area contributed by atoms with E-state index in [1.807, 2.05) is 12.2 Å². The lowest BCUT2D eigenvalue weighted by Crippen LogP contribution is -2.34. The molecule has 0 radical (unpaired) electrons. The Morgan fingerprint density at radius 2 is 0.931 bits per heavy atom. The molecule has 0 rings (SSSR count). The summed E-state index contributed by atoms with van der Waals surface area (Å²) in [6.07, 6.45) is 51.6. The molecule has 0 heterocycles. The third kappa shape index (κ3) is 39.0. The van der Waals surface area contributed by atoms with Crippen LogP contribution < -0.4 is 5.73 Å². The Hall–Kier alpha value is -3.86. The number of hydrogen-bond donors (Lipinski definition) is 3. The van der Waals surface area contributed by atoms with Gasteiger partial charge in [0.25, 0.3) is 0 Å². The number of hydrogen-bond acceptors (Lipinski definition) is 9. The predicted molar refractivity (Wildman–Crippen MR) is 235 cm³/mol. The van der Waals surface area contributed by atoms with Crippen LogP contribution >= 0.6 is 7.82 Å². The number of phosphoric ester groups is 1. The summed E-state index contributed by atoms with van der Waals surface area (Å²) in [4.78, 5) is 45.9. The number of carboxylic acids is 1. The standard InChI is InChI=1S/C46H72NO10P/c1-3-5-7-9-11-13-15-17-19-21-23-25-27-29-31-33-35-37-44(48)54-39-42(40-55-58(52,53)56-41-43(47)46(50)51)57-45(49)38-36-34-32-30-28-26-24-22-20-18-16-14-12-10-8-6-4-2/h5-8,11-14,17-20,23-26,29,31,42-43H,3-4,9-10,15-16,21-22,27-28,30,32-41,47H2,1-2H3,(H,50,51)(H,52,53)/b7-5-,8-6-,13-11-,14-12-,19-17-,20-18-,25-23-,26-24-,31-29-/t42-,43+/m1/s1. The molecule has 11 nitrogen and oxygen atoms in total. The summed E-state index contributed by atoms with van der Waals surface area (Å²) in [6.45, 7) is 2.46. The molecule has 0 aromatic rings. The van der Waals surface area contributed by atoms with Crippen molar-refractivity contribution in [2.24, 2.45) is 5.73 Å². The fraction of sp³-hybridized carbons (Fsp3) is 0.543. The first-order valence-corrected chi connectivity index (χ1v) is 22.4. The zero-order valence-electron chi connectivity index (χ0n) is 35.1. The highest BCUT2D eigenvalue weighted by atomic mass is 31.2. The van der Waals surface area contributed by atoms with Gasteiger partial charge in [-0.25, -0.2) is 4.57 Å². The minimum absolute atomic E-state index is 0.114. The van der Waals surface area contributed by atoms with Gasteiger partial charge in [0.2, 0.25) is 0 Å². The molecule has 3 atom stereocenters. The second kappa shape index (κ2) is 39.9. The molecule has 0 aliphatic rings. The monoisotopic (exact) mass is 829 g/mol. The molecule has 0 amide bonds. The molecule has 0 aromatic carbocycles. The molecular weight excluding hydrogens is 757 g/mol. The number of carboxylic acid groups (broad SMARTS) is 1. The Labute approximate surface area is 348 Å². The molecule has 0 aliphatic carbocycles. The van der Waals surface area contributed by atoms with Crippen LogP contribution in [0.1, 0.15) is 129 Å². The van der Waals surface area contributed by atoms with Gasteiger partial charge in [0.05, 0.1) is 13.2 Å². The summed E-state index contributed by atoms with van der Waals surface area (Å²) in [6, 6.07) is -1.54. The normalized spacial score (nSPS) is 14.8. The van der Waals surface area contributed by atoms with Gasteiger partial charge >= 0.3 is 25.7 Å². The Kier molecular flexibility index (Phi) is 37.3. The van der Waals surface area contributed by atoms with Crippen molar-refractivity contribution in [3.63, 3.8) is 0 Å². The van der Waals surface area contributed by atoms with Crippen molar-refractivity contribution in [2.75, 3.05) is 19.8 Å². The van der Waals surface area contributed by atoms with Crippen LogP contribution in [0.3, 0.4) is 0 Å². The Morgan fingerprint density at radius 3 is 1.40 bits per heavy atom. The Bertz CT molecular complexity index is 1390. The van der Waals surface area contributed by atoms with Crippen molar-refractivity contribution in [3.05, 3.63) is 109 Å². The van der Waals surface area contributed by atoms with Crippen LogP contribution in [0.15, 0.2) is 109 Å². The number of unbranched alkanes of at least 4 members (excludes halogenated alkanes) is 5. The van der Waals surface area contributed by atoms with E-state index in [1.165, 1.54) is 0 Å². The third-order valence-electron chi connectivity index (χ3n) is 8.02. The molecule has 0 aliphatic heterocycles. The molecule has 0 bridgehead atoms. The number of carbonyl (C=O) groups is 3. The van der Waals surface area contributed by atoms with E-state index in [4.69, 9.17) is 24.8 Å². The van der Waals surface area contributed by atoms with Crippen molar-refractivity contribution in [1.29, 1.82) is 0 Å². The van der Waals surface area contributed by atoms with Crippen molar-refractivity contribution in [2.45, 2.75) is 142 Å². The number of phosphoric acid groups is 1. The number of rotatable bonds is 37. The first-order chi connectivity index (χ1) is 28.1. The van der Waals surface area contributed by atoms with Gasteiger partial charge in [0, 0.05) is 12.8 Å². The fourth-order valence-electron chi connectivity index (χ4n) is 4.79. The predicted octanol–water partition coefficient (Wildman–Crippen LogP) is 11.1. The molecule has 0 fully saturated rings. The number of esters is 2. The van der Waals surface area contributed by atoms with Gasteiger partial charge in [-0.1, -0.05) is 136 Å². The highest BCUT2D eigenvalue weighted by Gasteiger charge is 2.28. The summed E-state index contributed by atoms with van der Waals surface area (Å²) in [5.41, 5.74) is 5.32. The van der Waals surface area contributed by atoms with E-state index in [9.17, 15) is 23.8 Å². The van der Waals surface area contributed by atoms with Gasteiger partial charge in [0.15, 0.2) is 6.10 Å². The lowest BCUT2D eigenvalue weighted by atomic mass is 10.1. The largest absolute Gasteiger partial charge is 0.480 e. The zero-order valence-corrected chi connectivity index (χ0v) is 36.0. The summed E-state index contributed by atoms with van der Waals surface area (Å²) >= 11 is 0. The van der Waals surface area contributed by atoms with Crippen LogP contribution in [0.2, 0.25) is 0 Å². The summed E-state index contributed by atoms with van der Waals surface area (Å²) in [5, 5.41) is 8.88. The molecule has 0 saturated heterocycles. The maximum Gasteiger partial charge on any atom is 0.472 e. The van der Waals surface area contributed by atoms with E-state index in [-0.39, 0.29) is 12.8 Å². The van der Waals surface area contributed by atoms with Crippen molar-refractivity contribution in [3.8, 4) is 0 Å². The van der Waals surface area contributed by atoms with Gasteiger partial charge in [-0.2, -0.15) is 0 Å².